The first-order chi connectivity index (χ1) is 25.1. The van der Waals surface area contributed by atoms with E-state index in [1.54, 1.807) is 0 Å². The minimum absolute atomic E-state index is 0.0267. The minimum Gasteiger partial charge on any atom is -0.370 e. The third-order valence-electron chi connectivity index (χ3n) is 7.80. The number of carbonyl (C=O) groups excluding carboxylic acids is 4. The fraction of sp³-hybridized carbons (Fsp3) is 0.438. The molecular weight excluding hydrogens is 738 g/mol. The van der Waals surface area contributed by atoms with Crippen LogP contribution in [0.25, 0.3) is 0 Å². The molecule has 1 aromatic heterocycles. The van der Waals surface area contributed by atoms with Gasteiger partial charge in [-0.15, -0.1) is 6.42 Å². The molecule has 0 saturated heterocycles. The van der Waals surface area contributed by atoms with Crippen LogP contribution in [-0.4, -0.2) is 89.2 Å². The van der Waals surface area contributed by atoms with Crippen molar-refractivity contribution in [2.75, 3.05) is 19.6 Å². The Hall–Kier alpha value is -5.33. The Morgan fingerprint density at radius 1 is 0.943 bits per heavy atom. The lowest BCUT2D eigenvalue weighted by molar-refractivity contribution is -0.130. The number of unbranched alkanes of at least 4 members (excludes halogenated alkanes) is 1. The van der Waals surface area contributed by atoms with Crippen LogP contribution in [0.2, 0.25) is 0 Å². The summed E-state index contributed by atoms with van der Waals surface area (Å²) in [6, 6.07) is 3.45. The number of rotatable bonds is 21. The molecule has 1 aliphatic rings. The molecule has 1 aromatic carbocycles. The summed E-state index contributed by atoms with van der Waals surface area (Å²) in [6.07, 6.45) is 10.5. The zero-order chi connectivity index (χ0) is 39.0. The van der Waals surface area contributed by atoms with Gasteiger partial charge in [0, 0.05) is 30.9 Å². The fourth-order valence-corrected chi connectivity index (χ4v) is 6.45. The minimum atomic E-state index is -5.34. The number of guanidine groups is 1. The molecule has 9 N–H and O–H groups in total. The Morgan fingerprint density at radius 3 is 2.25 bits per heavy atom. The first kappa shape index (κ1) is 42.1. The summed E-state index contributed by atoms with van der Waals surface area (Å²) in [5, 5.41) is 10.6. The molecule has 288 valence electrons. The van der Waals surface area contributed by atoms with Crippen molar-refractivity contribution in [1.29, 1.82) is 0 Å². The van der Waals surface area contributed by atoms with Crippen LogP contribution in [0.4, 0.5) is 3.89 Å². The van der Waals surface area contributed by atoms with Crippen molar-refractivity contribution in [2.24, 2.45) is 16.5 Å². The van der Waals surface area contributed by atoms with Gasteiger partial charge in [-0.1, -0.05) is 9.81 Å². The van der Waals surface area contributed by atoms with E-state index >= 15 is 0 Å². The molecule has 0 radical (unpaired) electrons. The predicted molar refractivity (Wildman–Crippen MR) is 190 cm³/mol. The second kappa shape index (κ2) is 20.1. The molecule has 1 aliphatic carbocycles. The van der Waals surface area contributed by atoms with E-state index in [0.29, 0.717) is 6.42 Å². The van der Waals surface area contributed by atoms with E-state index in [4.69, 9.17) is 17.9 Å². The molecule has 21 heteroatoms. The van der Waals surface area contributed by atoms with Gasteiger partial charge in [-0.05, 0) is 81.7 Å². The zero-order valence-corrected chi connectivity index (χ0v) is 30.2. The number of pyridine rings is 1. The van der Waals surface area contributed by atoms with Gasteiger partial charge in [-0.2, -0.15) is 13.1 Å². The number of carbonyl (C=O) groups is 4. The van der Waals surface area contributed by atoms with Gasteiger partial charge in [0.25, 0.3) is 11.8 Å². The third kappa shape index (κ3) is 14.7. The SMILES string of the molecule is C#CCNC(=O)c1ccc(S(=O)(=O)N[C@@H](CCCCNC(=O)c2cncc(OS(=O)(=O)F)c2)C(=O)N[C@@H](CCCN=C(N)N)C(=O)NC2CCC2)cc1. The summed E-state index contributed by atoms with van der Waals surface area (Å²) >= 11 is 0. The highest BCUT2D eigenvalue weighted by Crippen LogP contribution is 2.19. The number of halogens is 1. The molecule has 53 heavy (non-hydrogen) atoms. The van der Waals surface area contributed by atoms with Crippen LogP contribution in [0.5, 0.6) is 5.75 Å². The highest BCUT2D eigenvalue weighted by atomic mass is 32.3. The second-order valence-electron chi connectivity index (χ2n) is 11.9. The average Bonchev–Trinajstić information content (AvgIpc) is 3.08. The maximum atomic E-state index is 13.7. The number of aromatic nitrogens is 1. The largest absolute Gasteiger partial charge is 0.488 e. The Kier molecular flexibility index (Phi) is 15.9. The molecule has 18 nitrogen and oxygen atoms in total. The molecule has 1 saturated carbocycles. The Labute approximate surface area is 307 Å². The van der Waals surface area contributed by atoms with Crippen molar-refractivity contribution in [2.45, 2.75) is 74.4 Å². The third-order valence-corrected chi connectivity index (χ3v) is 9.68. The van der Waals surface area contributed by atoms with Gasteiger partial charge >= 0.3 is 10.5 Å². The quantitative estimate of drug-likeness (QED) is 0.0278. The predicted octanol–water partition coefficient (Wildman–Crippen LogP) is -0.508. The number of hydrogen-bond donors (Lipinski definition) is 7. The lowest BCUT2D eigenvalue weighted by atomic mass is 9.92. The van der Waals surface area contributed by atoms with Crippen LogP contribution in [0.3, 0.4) is 0 Å². The molecule has 3 rings (SSSR count). The maximum absolute atomic E-state index is 13.7. The number of aliphatic imine (C=N–C) groups is 1. The van der Waals surface area contributed by atoms with E-state index in [9.17, 15) is 39.9 Å². The molecule has 1 fully saturated rings. The van der Waals surface area contributed by atoms with E-state index in [0.717, 1.165) is 37.7 Å². The molecule has 1 heterocycles. The average molecular weight is 780 g/mol. The number of nitrogens with one attached hydrogen (secondary N) is 5. The number of sulfonamides is 1. The zero-order valence-electron chi connectivity index (χ0n) is 28.5. The smallest absolute Gasteiger partial charge is 0.370 e. The first-order valence-corrected chi connectivity index (χ1v) is 19.2. The van der Waals surface area contributed by atoms with Gasteiger partial charge in [-0.3, -0.25) is 29.2 Å². The van der Waals surface area contributed by atoms with Gasteiger partial charge in [-0.25, -0.2) is 8.42 Å². The lowest BCUT2D eigenvalue weighted by Gasteiger charge is -2.29. The van der Waals surface area contributed by atoms with Crippen molar-refractivity contribution in [3.05, 3.63) is 53.9 Å². The van der Waals surface area contributed by atoms with Crippen LogP contribution in [0.15, 0.2) is 52.6 Å². The van der Waals surface area contributed by atoms with Crippen molar-refractivity contribution >= 4 is 50.1 Å². The summed E-state index contributed by atoms with van der Waals surface area (Å²) in [5.41, 5.74) is 10.8. The van der Waals surface area contributed by atoms with E-state index in [-0.39, 0.29) is 73.3 Å². The monoisotopic (exact) mass is 779 g/mol. The fourth-order valence-electron chi connectivity index (χ4n) is 4.90. The lowest BCUT2D eigenvalue weighted by Crippen LogP contribution is -2.55. The second-order valence-corrected chi connectivity index (χ2v) is 14.5. The van der Waals surface area contributed by atoms with Crippen LogP contribution in [-0.2, 0) is 30.1 Å². The van der Waals surface area contributed by atoms with Gasteiger partial charge in [0.1, 0.15) is 12.1 Å². The molecule has 0 aliphatic heterocycles. The van der Waals surface area contributed by atoms with Crippen LogP contribution < -0.4 is 41.6 Å². The van der Waals surface area contributed by atoms with Gasteiger partial charge < -0.3 is 36.9 Å². The van der Waals surface area contributed by atoms with Crippen molar-refractivity contribution in [3.8, 4) is 18.1 Å². The summed E-state index contributed by atoms with van der Waals surface area (Å²) in [7, 11) is -9.69. The number of amides is 4. The number of terminal acetylenes is 1. The highest BCUT2D eigenvalue weighted by molar-refractivity contribution is 7.89. The molecular formula is C32H42FN9O9S2. The first-order valence-electron chi connectivity index (χ1n) is 16.5. The Bertz CT molecular complexity index is 1900. The van der Waals surface area contributed by atoms with E-state index in [1.807, 2.05) is 0 Å². The molecule has 2 aromatic rings. The van der Waals surface area contributed by atoms with Crippen molar-refractivity contribution < 1.29 is 44.1 Å². The van der Waals surface area contributed by atoms with Gasteiger partial charge in [0.2, 0.25) is 21.8 Å². The Morgan fingerprint density at radius 2 is 1.62 bits per heavy atom. The summed E-state index contributed by atoms with van der Waals surface area (Å²) in [6.45, 7) is 0.195. The highest BCUT2D eigenvalue weighted by Gasteiger charge is 2.31. The van der Waals surface area contributed by atoms with Gasteiger partial charge in [0.15, 0.2) is 11.7 Å². The normalized spacial score (nSPS) is 14.0. The standard InChI is InChI=1S/C32H42FN9O9S2/c1-2-15-37-28(43)21-11-13-25(14-12-21)52(47,48)42-27(9-3-4-16-38-29(44)22-18-24(20-36-19-22)51-53(33,49)50)31(46)41-26(10-6-17-39-32(34)35)30(45)40-23-7-5-8-23/h1,11-14,18-20,23,26-27,42H,3-10,15-17H2,(H,37,43)(H,38,44)(H,40,45)(H,41,46)(H4,34,35,39)/t26-,27-/m0/s1. The van der Waals surface area contributed by atoms with Crippen LogP contribution in [0, 0.1) is 12.3 Å². The molecule has 0 unspecified atom stereocenters. The molecule has 4 amide bonds. The van der Waals surface area contributed by atoms with E-state index < -0.39 is 62.0 Å². The van der Waals surface area contributed by atoms with E-state index in [1.165, 1.54) is 24.3 Å². The summed E-state index contributed by atoms with van der Waals surface area (Å²) in [5.74, 6) is -0.819. The number of hydrogen-bond acceptors (Lipinski definition) is 11. The van der Waals surface area contributed by atoms with Crippen molar-refractivity contribution in [3.63, 3.8) is 0 Å². The molecule has 2 atom stereocenters. The Balaban J connectivity index is 1.73. The molecule has 0 spiro atoms. The topological polar surface area (TPSA) is 283 Å². The van der Waals surface area contributed by atoms with Crippen LogP contribution in [0.1, 0.15) is 72.1 Å². The molecule has 0 bridgehead atoms. The maximum Gasteiger partial charge on any atom is 0.488 e. The summed E-state index contributed by atoms with van der Waals surface area (Å²) in [4.78, 5) is 59.0. The van der Waals surface area contributed by atoms with Crippen molar-refractivity contribution in [1.82, 2.24) is 31.0 Å². The van der Waals surface area contributed by atoms with Gasteiger partial charge in [0.05, 0.1) is 23.2 Å². The van der Waals surface area contributed by atoms with E-state index in [2.05, 4.69) is 46.1 Å². The number of benzene rings is 1. The number of nitrogens with zero attached hydrogens (tertiary/aromatic N) is 2. The van der Waals surface area contributed by atoms with Crippen LogP contribution >= 0.6 is 0 Å². The number of nitrogens with two attached hydrogens (primary N) is 2. The summed E-state index contributed by atoms with van der Waals surface area (Å²) < 4.78 is 67.8.